The zero-order chi connectivity index (χ0) is 13.8. The summed E-state index contributed by atoms with van der Waals surface area (Å²) in [6.07, 6.45) is 0. The van der Waals surface area contributed by atoms with Gasteiger partial charge in [0.2, 0.25) is 0 Å². The number of nitrogens with zero attached hydrogens (tertiary/aromatic N) is 3. The number of methoxy groups -OCH3 is 1. The molecule has 2 N–H and O–H groups in total. The van der Waals surface area contributed by atoms with Crippen molar-refractivity contribution in [1.29, 1.82) is 0 Å². The Balaban J connectivity index is 2.16. The minimum atomic E-state index is 0.335. The number of hydrogen-bond donors (Lipinski definition) is 1. The van der Waals surface area contributed by atoms with E-state index in [4.69, 9.17) is 15.2 Å². The summed E-state index contributed by atoms with van der Waals surface area (Å²) in [5, 5.41) is 8.04. The standard InChI is InChI=1S/C13H18N4O2/c1-9-15-16-13(17(9)2)8-19-12-6-10(7-14)4-5-11(12)18-3/h4-6H,7-8,14H2,1-3H3. The lowest BCUT2D eigenvalue weighted by Gasteiger charge is -2.11. The number of nitrogens with two attached hydrogens (primary N) is 1. The minimum absolute atomic E-state index is 0.335. The van der Waals surface area contributed by atoms with Gasteiger partial charge in [0.25, 0.3) is 0 Å². The van der Waals surface area contributed by atoms with E-state index >= 15 is 0 Å². The maximum absolute atomic E-state index is 5.75. The fourth-order valence-corrected chi connectivity index (χ4v) is 1.68. The van der Waals surface area contributed by atoms with Gasteiger partial charge in [-0.1, -0.05) is 6.07 Å². The Kier molecular flexibility index (Phi) is 4.01. The van der Waals surface area contributed by atoms with Crippen LogP contribution >= 0.6 is 0 Å². The second kappa shape index (κ2) is 5.71. The lowest BCUT2D eigenvalue weighted by atomic mass is 10.2. The fraction of sp³-hybridized carbons (Fsp3) is 0.385. The van der Waals surface area contributed by atoms with Crippen LogP contribution in [0.2, 0.25) is 0 Å². The van der Waals surface area contributed by atoms with Crippen LogP contribution in [-0.2, 0) is 20.2 Å². The molecule has 2 rings (SSSR count). The summed E-state index contributed by atoms with van der Waals surface area (Å²) in [6, 6.07) is 5.64. The first kappa shape index (κ1) is 13.4. The second-order valence-corrected chi connectivity index (χ2v) is 4.20. The summed E-state index contributed by atoms with van der Waals surface area (Å²) in [6.45, 7) is 2.69. The summed E-state index contributed by atoms with van der Waals surface area (Å²) in [5.41, 5.74) is 6.61. The van der Waals surface area contributed by atoms with Crippen LogP contribution in [0.5, 0.6) is 11.5 Å². The van der Waals surface area contributed by atoms with Crippen molar-refractivity contribution in [2.24, 2.45) is 12.8 Å². The van der Waals surface area contributed by atoms with E-state index in [0.29, 0.717) is 24.7 Å². The molecule has 1 aromatic heterocycles. The smallest absolute Gasteiger partial charge is 0.170 e. The maximum Gasteiger partial charge on any atom is 0.170 e. The molecule has 19 heavy (non-hydrogen) atoms. The summed E-state index contributed by atoms with van der Waals surface area (Å²) in [4.78, 5) is 0. The SMILES string of the molecule is COc1ccc(CN)cc1OCc1nnc(C)n1C. The van der Waals surface area contributed by atoms with Gasteiger partial charge in [-0.25, -0.2) is 0 Å². The first-order valence-corrected chi connectivity index (χ1v) is 6.00. The molecule has 0 aliphatic heterocycles. The Hall–Kier alpha value is -2.08. The molecule has 0 fully saturated rings. The van der Waals surface area contributed by atoms with Crippen LogP contribution in [0.4, 0.5) is 0 Å². The van der Waals surface area contributed by atoms with Gasteiger partial charge in [-0.3, -0.25) is 0 Å². The molecule has 2 aromatic rings. The molecule has 0 radical (unpaired) electrons. The van der Waals surface area contributed by atoms with Gasteiger partial charge in [-0.15, -0.1) is 10.2 Å². The van der Waals surface area contributed by atoms with Crippen LogP contribution in [0.3, 0.4) is 0 Å². The van der Waals surface area contributed by atoms with E-state index in [9.17, 15) is 0 Å². The van der Waals surface area contributed by atoms with E-state index in [1.807, 2.05) is 36.7 Å². The highest BCUT2D eigenvalue weighted by atomic mass is 16.5. The molecule has 102 valence electrons. The van der Waals surface area contributed by atoms with Gasteiger partial charge in [0.05, 0.1) is 7.11 Å². The molecule has 1 aromatic carbocycles. The van der Waals surface area contributed by atoms with Crippen LogP contribution < -0.4 is 15.2 Å². The van der Waals surface area contributed by atoms with E-state index < -0.39 is 0 Å². The van der Waals surface area contributed by atoms with Gasteiger partial charge in [-0.05, 0) is 24.6 Å². The van der Waals surface area contributed by atoms with Crippen LogP contribution in [0.1, 0.15) is 17.2 Å². The molecular formula is C13H18N4O2. The van der Waals surface area contributed by atoms with Crippen LogP contribution in [0.15, 0.2) is 18.2 Å². The van der Waals surface area contributed by atoms with Crippen molar-refractivity contribution < 1.29 is 9.47 Å². The number of benzene rings is 1. The van der Waals surface area contributed by atoms with Gasteiger partial charge >= 0.3 is 0 Å². The Bertz CT molecular complexity index is 566. The average molecular weight is 262 g/mol. The second-order valence-electron chi connectivity index (χ2n) is 4.20. The largest absolute Gasteiger partial charge is 0.493 e. The monoisotopic (exact) mass is 262 g/mol. The Morgan fingerprint density at radius 2 is 2.05 bits per heavy atom. The van der Waals surface area contributed by atoms with Crippen molar-refractivity contribution in [3.05, 3.63) is 35.4 Å². The molecule has 0 aliphatic carbocycles. The Labute approximate surface area is 112 Å². The molecule has 0 saturated carbocycles. The fourth-order valence-electron chi connectivity index (χ4n) is 1.68. The van der Waals surface area contributed by atoms with Gasteiger partial charge in [0.1, 0.15) is 12.4 Å². The third-order valence-corrected chi connectivity index (χ3v) is 3.00. The Morgan fingerprint density at radius 1 is 1.26 bits per heavy atom. The van der Waals surface area contributed by atoms with E-state index in [0.717, 1.165) is 17.2 Å². The molecule has 6 heteroatoms. The van der Waals surface area contributed by atoms with E-state index in [2.05, 4.69) is 10.2 Å². The topological polar surface area (TPSA) is 75.2 Å². The molecule has 0 spiro atoms. The summed E-state index contributed by atoms with van der Waals surface area (Å²) >= 11 is 0. The van der Waals surface area contributed by atoms with Crippen molar-refractivity contribution in [2.45, 2.75) is 20.1 Å². The van der Waals surface area contributed by atoms with E-state index in [1.165, 1.54) is 0 Å². The highest BCUT2D eigenvalue weighted by molar-refractivity contribution is 5.42. The first-order chi connectivity index (χ1) is 9.15. The minimum Gasteiger partial charge on any atom is -0.493 e. The number of aryl methyl sites for hydroxylation is 1. The van der Waals surface area contributed by atoms with Crippen LogP contribution in [0.25, 0.3) is 0 Å². The molecule has 0 aliphatic rings. The van der Waals surface area contributed by atoms with Gasteiger partial charge in [0, 0.05) is 13.6 Å². The Morgan fingerprint density at radius 3 is 2.63 bits per heavy atom. The molecule has 0 unspecified atom stereocenters. The number of rotatable bonds is 5. The zero-order valence-corrected chi connectivity index (χ0v) is 11.4. The van der Waals surface area contributed by atoms with Crippen molar-refractivity contribution in [2.75, 3.05) is 7.11 Å². The average Bonchev–Trinajstić information content (AvgIpc) is 2.76. The molecule has 0 atom stereocenters. The lowest BCUT2D eigenvalue weighted by molar-refractivity contribution is 0.272. The predicted molar refractivity (Wildman–Crippen MR) is 71.0 cm³/mol. The number of ether oxygens (including phenoxy) is 2. The van der Waals surface area contributed by atoms with Crippen molar-refractivity contribution in [1.82, 2.24) is 14.8 Å². The normalized spacial score (nSPS) is 10.5. The highest BCUT2D eigenvalue weighted by Gasteiger charge is 2.09. The third kappa shape index (κ3) is 2.85. The van der Waals surface area contributed by atoms with Crippen molar-refractivity contribution in [3.8, 4) is 11.5 Å². The van der Waals surface area contributed by atoms with Crippen LogP contribution in [0, 0.1) is 6.92 Å². The molecular weight excluding hydrogens is 244 g/mol. The van der Waals surface area contributed by atoms with Gasteiger partial charge < -0.3 is 19.8 Å². The van der Waals surface area contributed by atoms with Crippen molar-refractivity contribution in [3.63, 3.8) is 0 Å². The summed E-state index contributed by atoms with van der Waals surface area (Å²) in [7, 11) is 3.51. The summed E-state index contributed by atoms with van der Waals surface area (Å²) in [5.74, 6) is 2.95. The molecule has 0 amide bonds. The number of aromatic nitrogens is 3. The third-order valence-electron chi connectivity index (χ3n) is 3.00. The van der Waals surface area contributed by atoms with E-state index in [-0.39, 0.29) is 0 Å². The van der Waals surface area contributed by atoms with Crippen LogP contribution in [-0.4, -0.2) is 21.9 Å². The number of hydrogen-bond acceptors (Lipinski definition) is 5. The first-order valence-electron chi connectivity index (χ1n) is 6.00. The quantitative estimate of drug-likeness (QED) is 0.875. The van der Waals surface area contributed by atoms with Gasteiger partial charge in [-0.2, -0.15) is 0 Å². The molecule has 0 saturated heterocycles. The molecule has 1 heterocycles. The zero-order valence-electron chi connectivity index (χ0n) is 11.4. The van der Waals surface area contributed by atoms with Gasteiger partial charge in [0.15, 0.2) is 17.3 Å². The molecule has 6 nitrogen and oxygen atoms in total. The predicted octanol–water partition coefficient (Wildman–Crippen LogP) is 1.17. The lowest BCUT2D eigenvalue weighted by Crippen LogP contribution is -2.06. The van der Waals surface area contributed by atoms with E-state index in [1.54, 1.807) is 7.11 Å². The van der Waals surface area contributed by atoms with Crippen molar-refractivity contribution >= 4 is 0 Å². The molecule has 0 bridgehead atoms. The maximum atomic E-state index is 5.75. The summed E-state index contributed by atoms with van der Waals surface area (Å²) < 4.78 is 12.9. The highest BCUT2D eigenvalue weighted by Crippen LogP contribution is 2.28.